The summed E-state index contributed by atoms with van der Waals surface area (Å²) in [5.74, 6) is -1.50. The van der Waals surface area contributed by atoms with E-state index in [1.807, 2.05) is 19.1 Å². The zero-order valence-electron chi connectivity index (χ0n) is 17.1. The second-order valence-electron chi connectivity index (χ2n) is 8.07. The molecule has 1 aromatic carbocycles. The first-order chi connectivity index (χ1) is 14.8. The summed E-state index contributed by atoms with van der Waals surface area (Å²) in [6.45, 7) is 5.43. The predicted octanol–water partition coefficient (Wildman–Crippen LogP) is 2.74. The molecule has 158 valence electrons. The lowest BCUT2D eigenvalue weighted by atomic mass is 9.89. The number of amides is 1. The Kier molecular flexibility index (Phi) is 4.07. The van der Waals surface area contributed by atoms with Crippen LogP contribution in [0.4, 0.5) is 14.6 Å². The summed E-state index contributed by atoms with van der Waals surface area (Å²) in [4.78, 5) is 16.8. The standard InChI is InChI=1S/C21H19F2N7O/c1-11-7-8-13-18(24-11)29(9-12-5-4-6-14(22)16(12)23)27-19(13)30-10-15-17(26-28-30)21(2,3)20(31)25-15/h4-8,10,28H,9H2,1-3H3,(H,25,31). The van der Waals surface area contributed by atoms with Gasteiger partial charge in [0.25, 0.3) is 0 Å². The number of aromatic nitrogens is 3. The normalized spacial score (nSPS) is 17.2. The summed E-state index contributed by atoms with van der Waals surface area (Å²) in [7, 11) is 0. The zero-order valence-corrected chi connectivity index (χ0v) is 17.1. The maximum absolute atomic E-state index is 14.3. The van der Waals surface area contributed by atoms with Gasteiger partial charge >= 0.3 is 0 Å². The Labute approximate surface area is 176 Å². The summed E-state index contributed by atoms with van der Waals surface area (Å²) >= 11 is 0. The molecular formula is C21H19F2N7O. The minimum absolute atomic E-state index is 0.000751. The van der Waals surface area contributed by atoms with Crippen LogP contribution in [0.25, 0.3) is 11.0 Å². The molecule has 1 saturated heterocycles. The van der Waals surface area contributed by atoms with E-state index in [0.29, 0.717) is 28.3 Å². The number of benzene rings is 1. The summed E-state index contributed by atoms with van der Waals surface area (Å²) in [6, 6.07) is 7.73. The first kappa shape index (κ1) is 19.2. The molecule has 0 atom stereocenters. The van der Waals surface area contributed by atoms with Crippen molar-refractivity contribution in [1.29, 1.82) is 0 Å². The first-order valence-electron chi connectivity index (χ1n) is 9.69. The van der Waals surface area contributed by atoms with Gasteiger partial charge in [-0.1, -0.05) is 12.1 Å². The molecule has 0 bridgehead atoms. The first-order valence-corrected chi connectivity index (χ1v) is 9.69. The summed E-state index contributed by atoms with van der Waals surface area (Å²) in [5, 5.41) is 14.0. The molecule has 2 aliphatic rings. The SMILES string of the molecule is Cc1ccc2c(N3C=C4NC(=O)C(C)(C)C4=NN3)nn(Cc3cccc(F)c3F)c2n1. The van der Waals surface area contributed by atoms with Crippen molar-refractivity contribution in [2.75, 3.05) is 5.01 Å². The molecule has 10 heteroatoms. The van der Waals surface area contributed by atoms with E-state index in [1.165, 1.54) is 16.8 Å². The van der Waals surface area contributed by atoms with Gasteiger partial charge in [0.1, 0.15) is 5.71 Å². The highest BCUT2D eigenvalue weighted by Gasteiger charge is 2.44. The average molecular weight is 423 g/mol. The van der Waals surface area contributed by atoms with E-state index < -0.39 is 17.0 Å². The molecule has 2 N–H and O–H groups in total. The molecule has 0 saturated carbocycles. The van der Waals surface area contributed by atoms with E-state index >= 15 is 0 Å². The van der Waals surface area contributed by atoms with Gasteiger partial charge in [-0.15, -0.1) is 5.10 Å². The highest BCUT2D eigenvalue weighted by molar-refractivity contribution is 6.23. The third-order valence-corrected chi connectivity index (χ3v) is 5.49. The summed E-state index contributed by atoms with van der Waals surface area (Å²) in [6.07, 6.45) is 1.70. The van der Waals surface area contributed by atoms with E-state index in [0.717, 1.165) is 11.8 Å². The minimum Gasteiger partial charge on any atom is -0.322 e. The van der Waals surface area contributed by atoms with Gasteiger partial charge in [0.15, 0.2) is 23.1 Å². The molecule has 3 aromatic rings. The van der Waals surface area contributed by atoms with Crippen molar-refractivity contribution in [2.24, 2.45) is 10.5 Å². The van der Waals surface area contributed by atoms with Crippen LogP contribution in [-0.2, 0) is 11.3 Å². The number of carbonyl (C=O) groups is 1. The fraction of sp³-hybridized carbons (Fsp3) is 0.238. The fourth-order valence-electron chi connectivity index (χ4n) is 3.70. The van der Waals surface area contributed by atoms with Gasteiger partial charge in [0.05, 0.1) is 29.2 Å². The molecule has 1 fully saturated rings. The van der Waals surface area contributed by atoms with E-state index in [4.69, 9.17) is 0 Å². The number of nitrogens with zero attached hydrogens (tertiary/aromatic N) is 5. The number of hydrogen-bond donors (Lipinski definition) is 2. The maximum atomic E-state index is 14.3. The number of hydrazone groups is 1. The molecule has 31 heavy (non-hydrogen) atoms. The van der Waals surface area contributed by atoms with E-state index in [9.17, 15) is 13.6 Å². The van der Waals surface area contributed by atoms with Crippen molar-refractivity contribution in [1.82, 2.24) is 25.6 Å². The number of anilines is 1. The van der Waals surface area contributed by atoms with Crippen LogP contribution in [0.15, 0.2) is 47.3 Å². The molecule has 2 aromatic heterocycles. The number of pyridine rings is 1. The quantitative estimate of drug-likeness (QED) is 0.677. The number of rotatable bonds is 3. The Morgan fingerprint density at radius 2 is 1.97 bits per heavy atom. The van der Waals surface area contributed by atoms with Gasteiger partial charge in [0, 0.05) is 11.3 Å². The van der Waals surface area contributed by atoms with Crippen LogP contribution in [0.5, 0.6) is 0 Å². The van der Waals surface area contributed by atoms with Crippen molar-refractivity contribution < 1.29 is 13.6 Å². The van der Waals surface area contributed by atoms with E-state index in [2.05, 4.69) is 26.0 Å². The molecular weight excluding hydrogens is 404 g/mol. The van der Waals surface area contributed by atoms with Crippen LogP contribution in [0.1, 0.15) is 25.1 Å². The highest BCUT2D eigenvalue weighted by Crippen LogP contribution is 2.32. The smallest absolute Gasteiger partial charge is 0.236 e. The number of hydrazine groups is 1. The molecule has 0 spiro atoms. The lowest BCUT2D eigenvalue weighted by molar-refractivity contribution is -0.124. The molecule has 8 nitrogen and oxygen atoms in total. The van der Waals surface area contributed by atoms with Gasteiger partial charge in [-0.3, -0.25) is 4.79 Å². The third kappa shape index (κ3) is 2.94. The van der Waals surface area contributed by atoms with E-state index in [1.54, 1.807) is 25.1 Å². The number of nitrogens with one attached hydrogen (secondary N) is 2. The van der Waals surface area contributed by atoms with Crippen molar-refractivity contribution in [3.05, 3.63) is 65.1 Å². The predicted molar refractivity (Wildman–Crippen MR) is 111 cm³/mol. The molecule has 0 radical (unpaired) electrons. The number of aryl methyl sites for hydroxylation is 1. The van der Waals surface area contributed by atoms with Crippen LogP contribution in [-0.4, -0.2) is 26.4 Å². The molecule has 1 amide bonds. The topological polar surface area (TPSA) is 87.4 Å². The Balaban J connectivity index is 1.58. The van der Waals surface area contributed by atoms with Crippen molar-refractivity contribution in [3.63, 3.8) is 0 Å². The molecule has 0 aliphatic carbocycles. The Morgan fingerprint density at radius 1 is 1.16 bits per heavy atom. The lowest BCUT2D eigenvalue weighted by Gasteiger charge is -2.24. The van der Waals surface area contributed by atoms with Gasteiger partial charge in [0.2, 0.25) is 5.91 Å². The highest BCUT2D eigenvalue weighted by atomic mass is 19.2. The average Bonchev–Trinajstić information content (AvgIpc) is 3.19. The van der Waals surface area contributed by atoms with Crippen molar-refractivity contribution >= 4 is 28.5 Å². The Hall–Kier alpha value is -3.82. The number of allylic oxidation sites excluding steroid dienone is 1. The van der Waals surface area contributed by atoms with Gasteiger partial charge in [-0.05, 0) is 39.0 Å². The van der Waals surface area contributed by atoms with Gasteiger partial charge in [-0.25, -0.2) is 29.0 Å². The van der Waals surface area contributed by atoms with E-state index in [-0.39, 0.29) is 18.0 Å². The lowest BCUT2D eigenvalue weighted by Crippen LogP contribution is -2.38. The second-order valence-corrected chi connectivity index (χ2v) is 8.07. The second kappa shape index (κ2) is 6.59. The molecule has 0 unspecified atom stereocenters. The molecule has 4 heterocycles. The van der Waals surface area contributed by atoms with Crippen LogP contribution in [0.3, 0.4) is 0 Å². The number of carbonyl (C=O) groups excluding carboxylic acids is 1. The number of halogens is 2. The minimum atomic E-state index is -0.915. The van der Waals surface area contributed by atoms with Crippen molar-refractivity contribution in [3.8, 4) is 0 Å². The zero-order chi connectivity index (χ0) is 21.9. The van der Waals surface area contributed by atoms with Crippen LogP contribution in [0.2, 0.25) is 0 Å². The van der Waals surface area contributed by atoms with Crippen LogP contribution in [0, 0.1) is 24.0 Å². The Bertz CT molecular complexity index is 1310. The molecule has 5 rings (SSSR count). The summed E-state index contributed by atoms with van der Waals surface area (Å²) in [5.41, 5.74) is 4.77. The fourth-order valence-corrected chi connectivity index (χ4v) is 3.70. The van der Waals surface area contributed by atoms with Crippen LogP contribution < -0.4 is 15.9 Å². The third-order valence-electron chi connectivity index (χ3n) is 5.49. The van der Waals surface area contributed by atoms with Crippen molar-refractivity contribution in [2.45, 2.75) is 27.3 Å². The van der Waals surface area contributed by atoms with Crippen LogP contribution >= 0.6 is 0 Å². The number of fused-ring (bicyclic) bond motifs is 2. The van der Waals surface area contributed by atoms with Gasteiger partial charge in [-0.2, -0.15) is 5.10 Å². The Morgan fingerprint density at radius 3 is 2.77 bits per heavy atom. The summed E-state index contributed by atoms with van der Waals surface area (Å²) < 4.78 is 29.5. The largest absolute Gasteiger partial charge is 0.322 e. The van der Waals surface area contributed by atoms with Gasteiger partial charge < -0.3 is 5.32 Å². The maximum Gasteiger partial charge on any atom is 0.236 e. The monoisotopic (exact) mass is 423 g/mol. The molecule has 2 aliphatic heterocycles. The number of hydrogen-bond acceptors (Lipinski definition) is 6.